The lowest BCUT2D eigenvalue weighted by Crippen LogP contribution is -2.32. The number of hydrogen-bond acceptors (Lipinski definition) is 4. The Morgan fingerprint density at radius 3 is 2.78 bits per heavy atom. The van der Waals surface area contributed by atoms with Gasteiger partial charge in [-0.25, -0.2) is 0 Å². The summed E-state index contributed by atoms with van der Waals surface area (Å²) in [5, 5.41) is 20.0. The monoisotopic (exact) mass is 313 g/mol. The molecule has 0 saturated carbocycles. The number of aromatic hydroxyl groups is 1. The van der Waals surface area contributed by atoms with E-state index in [1.54, 1.807) is 13.0 Å². The lowest BCUT2D eigenvalue weighted by Gasteiger charge is -2.21. The molecule has 1 aliphatic heterocycles. The molecule has 3 rings (SSSR count). The van der Waals surface area contributed by atoms with Crippen LogP contribution in [0.5, 0.6) is 11.5 Å². The van der Waals surface area contributed by atoms with Crippen LogP contribution in [0.2, 0.25) is 0 Å². The van der Waals surface area contributed by atoms with Crippen molar-refractivity contribution in [1.29, 1.82) is 0 Å². The Kier molecular flexibility index (Phi) is 4.55. The molecule has 2 aromatic carbocycles. The summed E-state index contributed by atoms with van der Waals surface area (Å²) in [6.07, 6.45) is -0.385. The maximum Gasteiger partial charge on any atom is 0.165 e. The Balaban J connectivity index is 1.99. The maximum absolute atomic E-state index is 10.4. The number of aryl methyl sites for hydroxylation is 1. The third-order valence-electron chi connectivity index (χ3n) is 4.17. The zero-order valence-electron chi connectivity index (χ0n) is 13.6. The molecule has 0 bridgehead atoms. The van der Waals surface area contributed by atoms with Crippen LogP contribution < -0.4 is 4.74 Å². The molecule has 122 valence electrons. The first-order valence-corrected chi connectivity index (χ1v) is 7.99. The minimum Gasteiger partial charge on any atom is -0.504 e. The number of benzene rings is 2. The molecular weight excluding hydrogens is 290 g/mol. The number of rotatable bonds is 3. The molecule has 0 aromatic heterocycles. The summed E-state index contributed by atoms with van der Waals surface area (Å²) in [4.78, 5) is 2.15. The molecule has 1 aliphatic rings. The van der Waals surface area contributed by atoms with Crippen LogP contribution in [-0.4, -0.2) is 40.9 Å². The highest BCUT2D eigenvalue weighted by molar-refractivity contribution is 5.71. The SMILES string of the molecule is Cc1ccccc1-c1cc(O)c2c(c1)CN(C[C@@H](C)O)CCO2. The third kappa shape index (κ3) is 3.49. The van der Waals surface area contributed by atoms with Gasteiger partial charge in [0.15, 0.2) is 11.5 Å². The Morgan fingerprint density at radius 1 is 1.26 bits per heavy atom. The van der Waals surface area contributed by atoms with Crippen molar-refractivity contribution in [1.82, 2.24) is 4.90 Å². The zero-order chi connectivity index (χ0) is 16.4. The minimum absolute atomic E-state index is 0.180. The predicted octanol–water partition coefficient (Wildman–Crippen LogP) is 2.94. The number of β-amino-alcohol motifs (C(OH)–C–C–N with tert-alkyl or cyclic N) is 1. The lowest BCUT2D eigenvalue weighted by molar-refractivity contribution is 0.117. The summed E-state index contributed by atoms with van der Waals surface area (Å²) in [5.74, 6) is 0.745. The van der Waals surface area contributed by atoms with Crippen molar-refractivity contribution in [2.24, 2.45) is 0 Å². The van der Waals surface area contributed by atoms with Gasteiger partial charge in [0.25, 0.3) is 0 Å². The average molecular weight is 313 g/mol. The highest BCUT2D eigenvalue weighted by Crippen LogP contribution is 2.38. The van der Waals surface area contributed by atoms with E-state index in [0.29, 0.717) is 25.4 Å². The number of phenolic OH excluding ortho intramolecular Hbond substituents is 1. The van der Waals surface area contributed by atoms with Gasteiger partial charge in [0, 0.05) is 25.2 Å². The van der Waals surface area contributed by atoms with E-state index < -0.39 is 0 Å². The summed E-state index contributed by atoms with van der Waals surface area (Å²) in [7, 11) is 0. The molecule has 1 atom stereocenters. The Morgan fingerprint density at radius 2 is 2.04 bits per heavy atom. The largest absolute Gasteiger partial charge is 0.504 e. The standard InChI is InChI=1S/C19H23NO3/c1-13-5-3-4-6-17(13)15-9-16-12-20(11-14(2)21)7-8-23-19(16)18(22)10-15/h3-6,9-10,14,21-22H,7-8,11-12H2,1-2H3/t14-/m1/s1. The molecule has 0 radical (unpaired) electrons. The molecule has 2 N–H and O–H groups in total. The number of hydrogen-bond donors (Lipinski definition) is 2. The van der Waals surface area contributed by atoms with E-state index in [4.69, 9.17) is 4.74 Å². The van der Waals surface area contributed by atoms with E-state index >= 15 is 0 Å². The van der Waals surface area contributed by atoms with Crippen molar-refractivity contribution in [3.63, 3.8) is 0 Å². The van der Waals surface area contributed by atoms with Crippen molar-refractivity contribution in [3.8, 4) is 22.6 Å². The molecule has 0 fully saturated rings. The molecule has 2 aromatic rings. The van der Waals surface area contributed by atoms with E-state index in [1.165, 1.54) is 5.56 Å². The van der Waals surface area contributed by atoms with Gasteiger partial charge in [0.1, 0.15) is 6.61 Å². The minimum atomic E-state index is -0.385. The van der Waals surface area contributed by atoms with Crippen LogP contribution in [0.1, 0.15) is 18.1 Å². The first-order chi connectivity index (χ1) is 11.0. The second-order valence-corrected chi connectivity index (χ2v) is 6.23. The molecule has 4 heteroatoms. The van der Waals surface area contributed by atoms with Crippen LogP contribution in [0.4, 0.5) is 0 Å². The summed E-state index contributed by atoms with van der Waals surface area (Å²) in [6, 6.07) is 12.0. The smallest absolute Gasteiger partial charge is 0.165 e. The molecule has 23 heavy (non-hydrogen) atoms. The summed E-state index contributed by atoms with van der Waals surface area (Å²) in [6.45, 7) is 6.35. The molecule has 4 nitrogen and oxygen atoms in total. The summed E-state index contributed by atoms with van der Waals surface area (Å²) < 4.78 is 5.74. The zero-order valence-corrected chi connectivity index (χ0v) is 13.6. The molecule has 0 unspecified atom stereocenters. The van der Waals surface area contributed by atoms with Crippen molar-refractivity contribution >= 4 is 0 Å². The second kappa shape index (κ2) is 6.60. The first kappa shape index (κ1) is 15.8. The quantitative estimate of drug-likeness (QED) is 0.915. The number of ether oxygens (including phenoxy) is 1. The van der Waals surface area contributed by atoms with Crippen LogP contribution in [-0.2, 0) is 6.54 Å². The van der Waals surface area contributed by atoms with Crippen molar-refractivity contribution in [2.75, 3.05) is 19.7 Å². The van der Waals surface area contributed by atoms with Gasteiger partial charge in [0.2, 0.25) is 0 Å². The average Bonchev–Trinajstić information content (AvgIpc) is 2.69. The molecule has 0 aliphatic carbocycles. The van der Waals surface area contributed by atoms with Gasteiger partial charge < -0.3 is 14.9 Å². The van der Waals surface area contributed by atoms with Gasteiger partial charge in [-0.1, -0.05) is 24.3 Å². The van der Waals surface area contributed by atoms with Gasteiger partial charge >= 0.3 is 0 Å². The van der Waals surface area contributed by atoms with Crippen LogP contribution in [0, 0.1) is 6.92 Å². The molecule has 0 saturated heterocycles. The molecule has 1 heterocycles. The van der Waals surface area contributed by atoms with Gasteiger partial charge in [-0.3, -0.25) is 4.90 Å². The van der Waals surface area contributed by atoms with E-state index in [2.05, 4.69) is 30.0 Å². The third-order valence-corrected chi connectivity index (χ3v) is 4.17. The maximum atomic E-state index is 10.4. The number of nitrogens with zero attached hydrogens (tertiary/aromatic N) is 1. The molecule has 0 spiro atoms. The molecule has 0 amide bonds. The fraction of sp³-hybridized carbons (Fsp3) is 0.368. The topological polar surface area (TPSA) is 52.9 Å². The van der Waals surface area contributed by atoms with E-state index in [9.17, 15) is 10.2 Å². The van der Waals surface area contributed by atoms with Crippen LogP contribution in [0.25, 0.3) is 11.1 Å². The molecular formula is C19H23NO3. The number of fused-ring (bicyclic) bond motifs is 1. The lowest BCUT2D eigenvalue weighted by atomic mass is 9.98. The summed E-state index contributed by atoms with van der Waals surface area (Å²) >= 11 is 0. The number of phenols is 1. The Hall–Kier alpha value is -2.04. The first-order valence-electron chi connectivity index (χ1n) is 7.99. The Bertz CT molecular complexity index is 697. The number of aliphatic hydroxyl groups excluding tert-OH is 1. The van der Waals surface area contributed by atoms with Crippen molar-refractivity contribution < 1.29 is 14.9 Å². The highest BCUT2D eigenvalue weighted by Gasteiger charge is 2.20. The number of aliphatic hydroxyl groups is 1. The highest BCUT2D eigenvalue weighted by atomic mass is 16.5. The van der Waals surface area contributed by atoms with Crippen molar-refractivity contribution in [2.45, 2.75) is 26.5 Å². The normalized spacial score (nSPS) is 16.3. The Labute approximate surface area is 136 Å². The fourth-order valence-electron chi connectivity index (χ4n) is 3.13. The van der Waals surface area contributed by atoms with Crippen LogP contribution >= 0.6 is 0 Å². The van der Waals surface area contributed by atoms with E-state index in [-0.39, 0.29) is 11.9 Å². The van der Waals surface area contributed by atoms with Crippen LogP contribution in [0.3, 0.4) is 0 Å². The van der Waals surface area contributed by atoms with E-state index in [0.717, 1.165) is 23.2 Å². The van der Waals surface area contributed by atoms with Gasteiger partial charge in [0.05, 0.1) is 6.10 Å². The fourth-order valence-corrected chi connectivity index (χ4v) is 3.13. The van der Waals surface area contributed by atoms with Crippen LogP contribution in [0.15, 0.2) is 36.4 Å². The van der Waals surface area contributed by atoms with E-state index in [1.807, 2.05) is 12.1 Å². The predicted molar refractivity (Wildman–Crippen MR) is 90.7 cm³/mol. The summed E-state index contributed by atoms with van der Waals surface area (Å²) in [5.41, 5.74) is 4.22. The van der Waals surface area contributed by atoms with Gasteiger partial charge in [-0.15, -0.1) is 0 Å². The van der Waals surface area contributed by atoms with Gasteiger partial charge in [-0.05, 0) is 42.7 Å². The van der Waals surface area contributed by atoms with Crippen molar-refractivity contribution in [3.05, 3.63) is 47.5 Å². The van der Waals surface area contributed by atoms with Gasteiger partial charge in [-0.2, -0.15) is 0 Å². The second-order valence-electron chi connectivity index (χ2n) is 6.23.